The molecule has 3 heteroatoms. The van der Waals surface area contributed by atoms with Crippen LogP contribution >= 0.6 is 11.3 Å². The second-order valence-electron chi connectivity index (χ2n) is 4.14. The van der Waals surface area contributed by atoms with Crippen LogP contribution in [-0.4, -0.2) is 7.05 Å². The lowest BCUT2D eigenvalue weighted by Crippen LogP contribution is -2.18. The summed E-state index contributed by atoms with van der Waals surface area (Å²) in [5, 5.41) is 5.40. The van der Waals surface area contributed by atoms with Gasteiger partial charge < -0.3 is 5.32 Å². The van der Waals surface area contributed by atoms with E-state index in [-0.39, 0.29) is 11.9 Å². The average Bonchev–Trinajstić information content (AvgIpc) is 2.72. The van der Waals surface area contributed by atoms with Crippen molar-refractivity contribution in [3.05, 3.63) is 57.5 Å². The molecule has 90 valence electrons. The number of rotatable bonds is 4. The molecule has 0 spiro atoms. The number of aryl methyl sites for hydroxylation is 1. The number of likely N-dealkylation sites (N-methyl/N-ethyl adjacent to an activating group) is 1. The molecule has 0 radical (unpaired) electrons. The maximum atomic E-state index is 13.1. The van der Waals surface area contributed by atoms with Gasteiger partial charge in [-0.2, -0.15) is 0 Å². The number of thiophene rings is 1. The quantitative estimate of drug-likeness (QED) is 0.871. The molecule has 2 rings (SSSR count). The Morgan fingerprint density at radius 1 is 1.35 bits per heavy atom. The summed E-state index contributed by atoms with van der Waals surface area (Å²) in [6.45, 7) is 2.11. The molecule has 2 aromatic rings. The van der Waals surface area contributed by atoms with E-state index in [9.17, 15) is 4.39 Å². The van der Waals surface area contributed by atoms with Crippen molar-refractivity contribution in [2.45, 2.75) is 19.4 Å². The van der Waals surface area contributed by atoms with E-state index in [1.165, 1.54) is 16.5 Å². The minimum atomic E-state index is -0.166. The van der Waals surface area contributed by atoms with Crippen molar-refractivity contribution in [3.63, 3.8) is 0 Å². The van der Waals surface area contributed by atoms with Crippen molar-refractivity contribution >= 4 is 11.3 Å². The molecule has 0 aliphatic heterocycles. The van der Waals surface area contributed by atoms with Crippen LogP contribution in [0.25, 0.3) is 0 Å². The first kappa shape index (κ1) is 12.3. The fraction of sp³-hybridized carbons (Fsp3) is 0.286. The van der Waals surface area contributed by atoms with Crippen LogP contribution in [0.3, 0.4) is 0 Å². The minimum absolute atomic E-state index is 0.166. The van der Waals surface area contributed by atoms with Gasteiger partial charge in [-0.1, -0.05) is 12.1 Å². The Balaban J connectivity index is 2.19. The lowest BCUT2D eigenvalue weighted by atomic mass is 10.0. The van der Waals surface area contributed by atoms with Crippen molar-refractivity contribution < 1.29 is 4.39 Å². The predicted molar refractivity (Wildman–Crippen MR) is 71.0 cm³/mol. The summed E-state index contributed by atoms with van der Waals surface area (Å²) >= 11 is 1.75. The smallest absolute Gasteiger partial charge is 0.123 e. The summed E-state index contributed by atoms with van der Waals surface area (Å²) in [5.41, 5.74) is 2.32. The van der Waals surface area contributed by atoms with Crippen molar-refractivity contribution in [1.82, 2.24) is 5.32 Å². The van der Waals surface area contributed by atoms with Crippen LogP contribution in [-0.2, 0) is 6.42 Å². The molecule has 0 bridgehead atoms. The summed E-state index contributed by atoms with van der Waals surface area (Å²) in [4.78, 5) is 1.33. The fourth-order valence-electron chi connectivity index (χ4n) is 1.97. The molecule has 1 unspecified atom stereocenters. The van der Waals surface area contributed by atoms with Crippen LogP contribution in [0, 0.1) is 12.7 Å². The summed E-state index contributed by atoms with van der Waals surface area (Å²) in [6, 6.07) is 9.20. The van der Waals surface area contributed by atoms with Gasteiger partial charge in [0, 0.05) is 10.9 Å². The molecule has 0 aliphatic rings. The highest BCUT2D eigenvalue weighted by Gasteiger charge is 2.13. The van der Waals surface area contributed by atoms with Gasteiger partial charge in [-0.05, 0) is 55.1 Å². The molecule has 1 heterocycles. The topological polar surface area (TPSA) is 12.0 Å². The molecule has 1 N–H and O–H groups in total. The molecule has 1 nitrogen and oxygen atoms in total. The number of nitrogens with one attached hydrogen (secondary N) is 1. The van der Waals surface area contributed by atoms with Gasteiger partial charge in [0.05, 0.1) is 0 Å². The van der Waals surface area contributed by atoms with Crippen LogP contribution in [0.4, 0.5) is 4.39 Å². The van der Waals surface area contributed by atoms with Crippen LogP contribution < -0.4 is 5.32 Å². The van der Waals surface area contributed by atoms with Gasteiger partial charge in [-0.25, -0.2) is 4.39 Å². The molecule has 0 fully saturated rings. The Morgan fingerprint density at radius 3 is 2.76 bits per heavy atom. The first-order valence-electron chi connectivity index (χ1n) is 5.66. The largest absolute Gasteiger partial charge is 0.312 e. The van der Waals surface area contributed by atoms with Gasteiger partial charge in [-0.3, -0.25) is 0 Å². The lowest BCUT2D eigenvalue weighted by molar-refractivity contribution is 0.590. The molecule has 0 amide bonds. The third-order valence-corrected chi connectivity index (χ3v) is 4.03. The van der Waals surface area contributed by atoms with E-state index >= 15 is 0 Å². The lowest BCUT2D eigenvalue weighted by Gasteiger charge is -2.16. The molecule has 1 atom stereocenters. The zero-order valence-electron chi connectivity index (χ0n) is 10.0. The van der Waals surface area contributed by atoms with Crippen molar-refractivity contribution in [1.29, 1.82) is 0 Å². The number of benzene rings is 1. The molecule has 0 saturated carbocycles. The van der Waals surface area contributed by atoms with E-state index in [0.29, 0.717) is 0 Å². The highest BCUT2D eigenvalue weighted by molar-refractivity contribution is 7.10. The Morgan fingerprint density at radius 2 is 2.18 bits per heavy atom. The number of hydrogen-bond donors (Lipinski definition) is 1. The molecule has 17 heavy (non-hydrogen) atoms. The Hall–Kier alpha value is -1.19. The molecule has 1 aromatic carbocycles. The van der Waals surface area contributed by atoms with Crippen LogP contribution in [0.2, 0.25) is 0 Å². The highest BCUT2D eigenvalue weighted by atomic mass is 32.1. The highest BCUT2D eigenvalue weighted by Crippen LogP contribution is 2.26. The number of hydrogen-bond acceptors (Lipinski definition) is 2. The molecule has 1 aromatic heterocycles. The zero-order chi connectivity index (χ0) is 12.3. The van der Waals surface area contributed by atoms with Gasteiger partial charge in [0.2, 0.25) is 0 Å². The molecule has 0 saturated heterocycles. The molecule has 0 aliphatic carbocycles. The Labute approximate surface area is 105 Å². The maximum absolute atomic E-state index is 13.1. The summed E-state index contributed by atoms with van der Waals surface area (Å²) in [7, 11) is 1.95. The van der Waals surface area contributed by atoms with Gasteiger partial charge in [-0.15, -0.1) is 11.3 Å². The second kappa shape index (κ2) is 5.43. The average molecular weight is 249 g/mol. The summed E-state index contributed by atoms with van der Waals surface area (Å²) in [6.07, 6.45) is 0.815. The first-order valence-corrected chi connectivity index (χ1v) is 6.54. The zero-order valence-corrected chi connectivity index (χ0v) is 10.9. The van der Waals surface area contributed by atoms with Crippen molar-refractivity contribution in [2.75, 3.05) is 7.05 Å². The standard InChI is InChI=1S/C14H16FNS/c1-10-6-7-17-14(10)13(16-2)9-11-4-3-5-12(15)8-11/h3-8,13,16H,9H2,1-2H3. The summed E-state index contributed by atoms with van der Waals surface area (Å²) < 4.78 is 13.1. The van der Waals surface area contributed by atoms with E-state index in [0.717, 1.165) is 12.0 Å². The fourth-order valence-corrected chi connectivity index (χ4v) is 3.01. The van der Waals surface area contributed by atoms with E-state index < -0.39 is 0 Å². The van der Waals surface area contributed by atoms with E-state index in [2.05, 4.69) is 23.7 Å². The normalized spacial score (nSPS) is 12.6. The van der Waals surface area contributed by atoms with Crippen LogP contribution in [0.15, 0.2) is 35.7 Å². The van der Waals surface area contributed by atoms with Crippen LogP contribution in [0.1, 0.15) is 22.0 Å². The first-order chi connectivity index (χ1) is 8.20. The number of halogens is 1. The van der Waals surface area contributed by atoms with E-state index in [1.807, 2.05) is 13.1 Å². The second-order valence-corrected chi connectivity index (χ2v) is 5.09. The predicted octanol–water partition coefficient (Wildman–Crippen LogP) is 3.70. The van der Waals surface area contributed by atoms with E-state index in [1.54, 1.807) is 23.5 Å². The maximum Gasteiger partial charge on any atom is 0.123 e. The third kappa shape index (κ3) is 2.93. The molecular formula is C14H16FNS. The third-order valence-electron chi connectivity index (χ3n) is 2.90. The Kier molecular flexibility index (Phi) is 3.92. The van der Waals surface area contributed by atoms with Gasteiger partial charge in [0.25, 0.3) is 0 Å². The SMILES string of the molecule is CNC(Cc1cccc(F)c1)c1sccc1C. The monoisotopic (exact) mass is 249 g/mol. The van der Waals surface area contributed by atoms with Gasteiger partial charge in [0.15, 0.2) is 0 Å². The van der Waals surface area contributed by atoms with Gasteiger partial charge in [0.1, 0.15) is 5.82 Å². The van der Waals surface area contributed by atoms with Crippen LogP contribution in [0.5, 0.6) is 0 Å². The van der Waals surface area contributed by atoms with Crippen molar-refractivity contribution in [3.8, 4) is 0 Å². The van der Waals surface area contributed by atoms with E-state index in [4.69, 9.17) is 0 Å². The molecular weight excluding hydrogens is 233 g/mol. The van der Waals surface area contributed by atoms with Gasteiger partial charge >= 0.3 is 0 Å². The Bertz CT molecular complexity index is 492. The summed E-state index contributed by atoms with van der Waals surface area (Å²) in [5.74, 6) is -0.166. The minimum Gasteiger partial charge on any atom is -0.312 e. The van der Waals surface area contributed by atoms with Crippen molar-refractivity contribution in [2.24, 2.45) is 0 Å².